The number of amides is 1. The molecule has 1 saturated heterocycles. The minimum atomic E-state index is 0.0503. The number of aromatic nitrogens is 1. The van der Waals surface area contributed by atoms with Crippen LogP contribution in [-0.4, -0.2) is 42.1 Å². The van der Waals surface area contributed by atoms with E-state index >= 15 is 0 Å². The molecule has 1 fully saturated rings. The number of hydrogen-bond acceptors (Lipinski definition) is 3. The number of H-pyrrole nitrogens is 1. The highest BCUT2D eigenvalue weighted by atomic mass is 16.5. The average Bonchev–Trinajstić information content (AvgIpc) is 2.81. The molecule has 1 aromatic heterocycles. The number of nitrogen functional groups attached to an aromatic ring is 1. The molecular weight excluding hydrogens is 230 g/mol. The summed E-state index contributed by atoms with van der Waals surface area (Å²) in [4.78, 5) is 17.3. The summed E-state index contributed by atoms with van der Waals surface area (Å²) >= 11 is 0. The Hall–Kier alpha value is -2.01. The lowest BCUT2D eigenvalue weighted by atomic mass is 10.1. The molecule has 3 N–H and O–H groups in total. The summed E-state index contributed by atoms with van der Waals surface area (Å²) in [5.41, 5.74) is 8.01. The Morgan fingerprint density at radius 3 is 2.89 bits per heavy atom. The first-order valence-corrected chi connectivity index (χ1v) is 5.99. The molecule has 0 bridgehead atoms. The number of anilines is 1. The second-order valence-electron chi connectivity index (χ2n) is 4.41. The number of nitrogens with zero attached hydrogens (tertiary/aromatic N) is 1. The van der Waals surface area contributed by atoms with E-state index in [2.05, 4.69) is 4.98 Å². The third-order valence-corrected chi connectivity index (χ3v) is 3.23. The van der Waals surface area contributed by atoms with Crippen molar-refractivity contribution in [2.75, 3.05) is 32.0 Å². The van der Waals surface area contributed by atoms with Gasteiger partial charge in [0.2, 0.25) is 0 Å². The van der Waals surface area contributed by atoms with E-state index in [-0.39, 0.29) is 5.91 Å². The molecule has 0 unspecified atom stereocenters. The molecule has 5 heteroatoms. The second-order valence-corrected chi connectivity index (χ2v) is 4.41. The first-order chi connectivity index (χ1) is 8.75. The van der Waals surface area contributed by atoms with Gasteiger partial charge in [-0.15, -0.1) is 0 Å². The fraction of sp³-hybridized carbons (Fsp3) is 0.308. The van der Waals surface area contributed by atoms with E-state index < -0.39 is 0 Å². The molecule has 2 aromatic rings. The van der Waals surface area contributed by atoms with Crippen molar-refractivity contribution in [3.05, 3.63) is 30.0 Å². The molecule has 0 saturated carbocycles. The molecule has 0 aliphatic carbocycles. The summed E-state index contributed by atoms with van der Waals surface area (Å²) in [7, 11) is 0. The molecule has 94 valence electrons. The highest BCUT2D eigenvalue weighted by Gasteiger charge is 2.21. The number of morpholine rings is 1. The Morgan fingerprint density at radius 1 is 1.33 bits per heavy atom. The van der Waals surface area contributed by atoms with E-state index in [0.29, 0.717) is 37.6 Å². The fourth-order valence-corrected chi connectivity index (χ4v) is 2.26. The predicted molar refractivity (Wildman–Crippen MR) is 69.4 cm³/mol. The lowest BCUT2D eigenvalue weighted by Gasteiger charge is -2.26. The maximum Gasteiger partial charge on any atom is 0.256 e. The number of hydrogen-bond donors (Lipinski definition) is 2. The van der Waals surface area contributed by atoms with E-state index in [9.17, 15) is 4.79 Å². The van der Waals surface area contributed by atoms with Crippen molar-refractivity contribution < 1.29 is 9.53 Å². The van der Waals surface area contributed by atoms with Crippen LogP contribution in [0.2, 0.25) is 0 Å². The van der Waals surface area contributed by atoms with Gasteiger partial charge in [-0.2, -0.15) is 0 Å². The molecule has 1 amide bonds. The number of carbonyl (C=O) groups excluding carboxylic acids is 1. The van der Waals surface area contributed by atoms with Gasteiger partial charge in [0.15, 0.2) is 0 Å². The van der Waals surface area contributed by atoms with Crippen LogP contribution in [0.25, 0.3) is 10.9 Å². The van der Waals surface area contributed by atoms with Crippen molar-refractivity contribution in [3.63, 3.8) is 0 Å². The zero-order valence-corrected chi connectivity index (χ0v) is 9.98. The van der Waals surface area contributed by atoms with E-state index in [1.807, 2.05) is 23.1 Å². The molecule has 1 aromatic carbocycles. The van der Waals surface area contributed by atoms with Gasteiger partial charge in [0.1, 0.15) is 0 Å². The molecule has 0 spiro atoms. The number of nitrogens with one attached hydrogen (secondary N) is 1. The summed E-state index contributed by atoms with van der Waals surface area (Å²) in [6.45, 7) is 2.53. The second kappa shape index (κ2) is 4.34. The Bertz CT molecular complexity index is 585. The number of fused-ring (bicyclic) bond motifs is 1. The molecule has 1 aliphatic rings. The van der Waals surface area contributed by atoms with Crippen molar-refractivity contribution in [1.29, 1.82) is 0 Å². The zero-order chi connectivity index (χ0) is 12.5. The zero-order valence-electron chi connectivity index (χ0n) is 9.98. The van der Waals surface area contributed by atoms with Crippen molar-refractivity contribution in [3.8, 4) is 0 Å². The first kappa shape index (κ1) is 11.1. The fourth-order valence-electron chi connectivity index (χ4n) is 2.26. The summed E-state index contributed by atoms with van der Waals surface area (Å²) in [6, 6.07) is 5.53. The van der Waals surface area contributed by atoms with Crippen LogP contribution in [0.1, 0.15) is 10.4 Å². The topological polar surface area (TPSA) is 71.3 Å². The number of ether oxygens (including phenoxy) is 1. The minimum absolute atomic E-state index is 0.0503. The van der Waals surface area contributed by atoms with Crippen LogP contribution < -0.4 is 5.73 Å². The van der Waals surface area contributed by atoms with Gasteiger partial charge in [-0.1, -0.05) is 0 Å². The van der Waals surface area contributed by atoms with Gasteiger partial charge in [0.25, 0.3) is 5.91 Å². The van der Waals surface area contributed by atoms with Gasteiger partial charge in [-0.3, -0.25) is 4.79 Å². The first-order valence-electron chi connectivity index (χ1n) is 5.99. The number of benzene rings is 1. The van der Waals surface area contributed by atoms with Gasteiger partial charge >= 0.3 is 0 Å². The lowest BCUT2D eigenvalue weighted by molar-refractivity contribution is 0.0304. The number of nitrogens with two attached hydrogens (primary N) is 1. The normalized spacial score (nSPS) is 16.1. The van der Waals surface area contributed by atoms with Crippen molar-refractivity contribution >= 4 is 22.5 Å². The highest BCUT2D eigenvalue weighted by Crippen LogP contribution is 2.22. The van der Waals surface area contributed by atoms with Crippen LogP contribution in [0.5, 0.6) is 0 Å². The van der Waals surface area contributed by atoms with Gasteiger partial charge in [-0.25, -0.2) is 0 Å². The predicted octanol–water partition coefficient (Wildman–Crippen LogP) is 1.22. The van der Waals surface area contributed by atoms with Gasteiger partial charge in [0, 0.05) is 35.9 Å². The minimum Gasteiger partial charge on any atom is -0.399 e. The maximum atomic E-state index is 12.4. The van der Waals surface area contributed by atoms with E-state index in [0.717, 1.165) is 10.9 Å². The molecule has 3 rings (SSSR count). The summed E-state index contributed by atoms with van der Waals surface area (Å²) in [5, 5.41) is 0.917. The third-order valence-electron chi connectivity index (χ3n) is 3.23. The van der Waals surface area contributed by atoms with Gasteiger partial charge in [0.05, 0.1) is 18.8 Å². The Labute approximate surface area is 105 Å². The van der Waals surface area contributed by atoms with Crippen LogP contribution >= 0.6 is 0 Å². The van der Waals surface area contributed by atoms with Crippen molar-refractivity contribution in [1.82, 2.24) is 9.88 Å². The van der Waals surface area contributed by atoms with Crippen LogP contribution in [0, 0.1) is 0 Å². The van der Waals surface area contributed by atoms with Crippen LogP contribution in [0.15, 0.2) is 24.4 Å². The van der Waals surface area contributed by atoms with Crippen LogP contribution in [0.3, 0.4) is 0 Å². The quantitative estimate of drug-likeness (QED) is 0.742. The largest absolute Gasteiger partial charge is 0.399 e. The van der Waals surface area contributed by atoms with Crippen molar-refractivity contribution in [2.24, 2.45) is 0 Å². The molecular formula is C13H15N3O2. The Balaban J connectivity index is 1.96. The summed E-state index contributed by atoms with van der Waals surface area (Å²) < 4.78 is 5.25. The van der Waals surface area contributed by atoms with Gasteiger partial charge < -0.3 is 20.4 Å². The Kier molecular flexibility index (Phi) is 2.68. The third kappa shape index (κ3) is 1.82. The van der Waals surface area contributed by atoms with E-state index in [1.165, 1.54) is 0 Å². The standard InChI is InChI=1S/C13H15N3O2/c14-9-1-2-10-11(8-15-12(10)7-9)13(17)16-3-5-18-6-4-16/h1-2,7-8,15H,3-6,14H2. The van der Waals surface area contributed by atoms with Gasteiger partial charge in [-0.05, 0) is 18.2 Å². The number of carbonyl (C=O) groups is 1. The SMILES string of the molecule is Nc1ccc2c(C(=O)N3CCOCC3)c[nH]c2c1. The van der Waals surface area contributed by atoms with Crippen LogP contribution in [-0.2, 0) is 4.74 Å². The smallest absolute Gasteiger partial charge is 0.256 e. The van der Waals surface area contributed by atoms with E-state index in [4.69, 9.17) is 10.5 Å². The summed E-state index contributed by atoms with van der Waals surface area (Å²) in [5.74, 6) is 0.0503. The molecule has 1 aliphatic heterocycles. The molecule has 0 atom stereocenters. The molecule has 18 heavy (non-hydrogen) atoms. The van der Waals surface area contributed by atoms with Crippen LogP contribution in [0.4, 0.5) is 5.69 Å². The maximum absolute atomic E-state index is 12.4. The highest BCUT2D eigenvalue weighted by molar-refractivity contribution is 6.07. The number of rotatable bonds is 1. The molecule has 5 nitrogen and oxygen atoms in total. The average molecular weight is 245 g/mol. The summed E-state index contributed by atoms with van der Waals surface area (Å²) in [6.07, 6.45) is 1.75. The Morgan fingerprint density at radius 2 is 2.11 bits per heavy atom. The number of aromatic amines is 1. The lowest BCUT2D eigenvalue weighted by Crippen LogP contribution is -2.40. The van der Waals surface area contributed by atoms with E-state index in [1.54, 1.807) is 6.20 Å². The monoisotopic (exact) mass is 245 g/mol. The molecule has 0 radical (unpaired) electrons. The molecule has 2 heterocycles. The van der Waals surface area contributed by atoms with Crippen molar-refractivity contribution in [2.45, 2.75) is 0 Å².